The summed E-state index contributed by atoms with van der Waals surface area (Å²) in [7, 11) is 3.75. The summed E-state index contributed by atoms with van der Waals surface area (Å²) in [5, 5.41) is 9.10. The van der Waals surface area contributed by atoms with E-state index in [2.05, 4.69) is 6.92 Å². The third kappa shape index (κ3) is 15.4. The molecule has 0 spiro atoms. The van der Waals surface area contributed by atoms with Crippen molar-refractivity contribution < 1.29 is 47.9 Å². The van der Waals surface area contributed by atoms with E-state index in [1.165, 1.54) is 0 Å². The summed E-state index contributed by atoms with van der Waals surface area (Å²) in [5.41, 5.74) is -3.27. The van der Waals surface area contributed by atoms with Crippen molar-refractivity contribution in [3.8, 4) is 0 Å². The highest BCUT2D eigenvalue weighted by atomic mass is 16.6. The van der Waals surface area contributed by atoms with Crippen LogP contribution in [0.5, 0.6) is 0 Å². The van der Waals surface area contributed by atoms with Crippen LogP contribution in [0, 0.1) is 5.41 Å². The van der Waals surface area contributed by atoms with Gasteiger partial charge in [0.15, 0.2) is 11.2 Å². The van der Waals surface area contributed by atoms with Gasteiger partial charge in [0.2, 0.25) is 0 Å². The van der Waals surface area contributed by atoms with Gasteiger partial charge >= 0.3 is 17.9 Å². The van der Waals surface area contributed by atoms with E-state index >= 15 is 0 Å². The average Bonchev–Trinajstić information content (AvgIpc) is 3.07. The Kier molecular flexibility index (Phi) is 19.9. The fourth-order valence-corrected chi connectivity index (χ4v) is 4.06. The van der Waals surface area contributed by atoms with Gasteiger partial charge in [0, 0.05) is 32.8 Å². The van der Waals surface area contributed by atoms with E-state index in [1.54, 1.807) is 27.7 Å². The van der Waals surface area contributed by atoms with E-state index in [0.717, 1.165) is 12.0 Å². The van der Waals surface area contributed by atoms with Crippen molar-refractivity contribution in [1.29, 1.82) is 0 Å². The molecule has 0 saturated heterocycles. The van der Waals surface area contributed by atoms with Gasteiger partial charge in [-0.3, -0.25) is 4.79 Å². The summed E-state index contributed by atoms with van der Waals surface area (Å²) >= 11 is 0. The maximum absolute atomic E-state index is 13.6. The largest absolute Gasteiger partial charge is 0.462 e. The number of rotatable bonds is 26. The molecule has 0 aromatic heterocycles. The molecule has 1 aromatic carbocycles. The molecule has 0 radical (unpaired) electrons. The van der Waals surface area contributed by atoms with Gasteiger partial charge in [-0.05, 0) is 59.7 Å². The van der Waals surface area contributed by atoms with E-state index in [4.69, 9.17) is 33.5 Å². The smallest absolute Gasteiger partial charge is 0.338 e. The Labute approximate surface area is 281 Å². The first kappa shape index (κ1) is 42.4. The standard InChI is InChI=1S/C35H60N2O10/c1-9-22-42-23-18-37(8)20-25-44-32(41)35(6,11-3)47-28-33(4,30(39)45-26-29-15-13-12-14-16-29)27-46-34(5,10-2)31(40)43-24-19-36(7)17-21-38/h12-16,38H,9-11,17-28H2,1-8H3. The van der Waals surface area contributed by atoms with Crippen LogP contribution in [0.3, 0.4) is 0 Å². The molecule has 0 aliphatic heterocycles. The number of hydrogen-bond acceptors (Lipinski definition) is 12. The van der Waals surface area contributed by atoms with Crippen molar-refractivity contribution in [2.45, 2.75) is 78.6 Å². The number of aliphatic hydroxyl groups excluding tert-OH is 1. The number of hydrogen-bond donors (Lipinski definition) is 1. The van der Waals surface area contributed by atoms with Gasteiger partial charge in [-0.25, -0.2) is 9.59 Å². The fraction of sp³-hybridized carbons (Fsp3) is 0.743. The first-order chi connectivity index (χ1) is 22.3. The van der Waals surface area contributed by atoms with Crippen LogP contribution in [0.4, 0.5) is 0 Å². The first-order valence-corrected chi connectivity index (χ1v) is 16.7. The maximum Gasteiger partial charge on any atom is 0.338 e. The summed E-state index contributed by atoms with van der Waals surface area (Å²) in [6, 6.07) is 9.27. The Morgan fingerprint density at radius 2 is 1.17 bits per heavy atom. The number of esters is 3. The minimum absolute atomic E-state index is 0.00241. The van der Waals surface area contributed by atoms with Crippen molar-refractivity contribution in [3.05, 3.63) is 35.9 Å². The molecule has 3 unspecified atom stereocenters. The Bertz CT molecular complexity index is 1040. The lowest BCUT2D eigenvalue weighted by atomic mass is 9.91. The van der Waals surface area contributed by atoms with Crippen LogP contribution in [0.1, 0.15) is 66.4 Å². The SMILES string of the molecule is CCCOCCN(C)CCOC(=O)C(C)(CC)OCC(C)(COC(C)(CC)C(=O)OCCN(C)CCO)C(=O)OCc1ccccc1. The van der Waals surface area contributed by atoms with Gasteiger partial charge in [-0.2, -0.15) is 0 Å². The number of benzene rings is 1. The highest BCUT2D eigenvalue weighted by Gasteiger charge is 2.44. The Morgan fingerprint density at radius 1 is 0.681 bits per heavy atom. The van der Waals surface area contributed by atoms with Crippen LogP contribution < -0.4 is 0 Å². The topological polar surface area (TPSA) is 133 Å². The number of carbonyl (C=O) groups excluding carboxylic acids is 3. The predicted molar refractivity (Wildman–Crippen MR) is 179 cm³/mol. The summed E-state index contributed by atoms with van der Waals surface area (Å²) in [4.78, 5) is 43.8. The molecule has 270 valence electrons. The normalized spacial score (nSPS) is 15.5. The zero-order valence-corrected chi connectivity index (χ0v) is 30.0. The van der Waals surface area contributed by atoms with Crippen LogP contribution in [-0.4, -0.2) is 131 Å². The quantitative estimate of drug-likeness (QED) is 0.0881. The van der Waals surface area contributed by atoms with Gasteiger partial charge in [0.25, 0.3) is 0 Å². The summed E-state index contributed by atoms with van der Waals surface area (Å²) in [6.45, 7) is 13.9. The molecule has 0 bridgehead atoms. The third-order valence-corrected chi connectivity index (χ3v) is 8.20. The molecule has 0 amide bonds. The van der Waals surface area contributed by atoms with Gasteiger partial charge in [-0.1, -0.05) is 51.1 Å². The molecule has 0 aliphatic carbocycles. The van der Waals surface area contributed by atoms with Gasteiger partial charge < -0.3 is 43.3 Å². The molecule has 0 aliphatic rings. The number of carbonyl (C=O) groups is 3. The van der Waals surface area contributed by atoms with E-state index in [1.807, 2.05) is 61.2 Å². The van der Waals surface area contributed by atoms with Crippen molar-refractivity contribution in [2.24, 2.45) is 5.41 Å². The predicted octanol–water partition coefficient (Wildman–Crippen LogP) is 3.48. The van der Waals surface area contributed by atoms with Crippen molar-refractivity contribution in [1.82, 2.24) is 9.80 Å². The van der Waals surface area contributed by atoms with Crippen molar-refractivity contribution in [3.63, 3.8) is 0 Å². The number of aliphatic hydroxyl groups is 1. The molecule has 3 atom stereocenters. The molecule has 12 heteroatoms. The van der Waals surface area contributed by atoms with Crippen LogP contribution >= 0.6 is 0 Å². The Morgan fingerprint density at radius 3 is 1.64 bits per heavy atom. The number of likely N-dealkylation sites (N-methyl/N-ethyl adjacent to an activating group) is 2. The lowest BCUT2D eigenvalue weighted by Gasteiger charge is -2.35. The van der Waals surface area contributed by atoms with Crippen molar-refractivity contribution >= 4 is 17.9 Å². The van der Waals surface area contributed by atoms with E-state index in [0.29, 0.717) is 45.8 Å². The van der Waals surface area contributed by atoms with Crippen LogP contribution in [-0.2, 0) is 49.4 Å². The lowest BCUT2D eigenvalue weighted by molar-refractivity contribution is -0.195. The number of ether oxygens (including phenoxy) is 6. The molecular formula is C35H60N2O10. The van der Waals surface area contributed by atoms with E-state index in [9.17, 15) is 14.4 Å². The summed E-state index contributed by atoms with van der Waals surface area (Å²) in [5.74, 6) is -1.70. The van der Waals surface area contributed by atoms with Gasteiger partial charge in [0.1, 0.15) is 25.2 Å². The second kappa shape index (κ2) is 22.1. The molecule has 47 heavy (non-hydrogen) atoms. The molecule has 1 N–H and O–H groups in total. The molecule has 0 fully saturated rings. The molecule has 12 nitrogen and oxygen atoms in total. The van der Waals surface area contributed by atoms with Gasteiger partial charge in [-0.15, -0.1) is 0 Å². The monoisotopic (exact) mass is 668 g/mol. The zero-order valence-electron chi connectivity index (χ0n) is 30.0. The van der Waals surface area contributed by atoms with Crippen LogP contribution in [0.15, 0.2) is 30.3 Å². The average molecular weight is 669 g/mol. The Balaban J connectivity index is 2.97. The number of nitrogens with zero attached hydrogens (tertiary/aromatic N) is 2. The fourth-order valence-electron chi connectivity index (χ4n) is 4.06. The molecule has 0 saturated carbocycles. The van der Waals surface area contributed by atoms with E-state index in [-0.39, 0.29) is 46.1 Å². The first-order valence-electron chi connectivity index (χ1n) is 16.7. The van der Waals surface area contributed by atoms with Crippen LogP contribution in [0.25, 0.3) is 0 Å². The minimum Gasteiger partial charge on any atom is -0.462 e. The maximum atomic E-state index is 13.6. The second-order valence-corrected chi connectivity index (χ2v) is 12.6. The molecule has 0 heterocycles. The lowest BCUT2D eigenvalue weighted by Crippen LogP contribution is -2.49. The highest BCUT2D eigenvalue weighted by molar-refractivity contribution is 5.80. The molecule has 1 rings (SSSR count). The highest BCUT2D eigenvalue weighted by Crippen LogP contribution is 2.29. The van der Waals surface area contributed by atoms with Gasteiger partial charge in [0.05, 0.1) is 26.4 Å². The van der Waals surface area contributed by atoms with Crippen LogP contribution in [0.2, 0.25) is 0 Å². The molecule has 1 aromatic rings. The van der Waals surface area contributed by atoms with E-state index < -0.39 is 34.5 Å². The summed E-state index contributed by atoms with van der Waals surface area (Å²) in [6.07, 6.45) is 1.54. The third-order valence-electron chi connectivity index (χ3n) is 8.20. The zero-order chi connectivity index (χ0) is 35.3. The van der Waals surface area contributed by atoms with Crippen molar-refractivity contribution in [2.75, 3.05) is 86.5 Å². The Hall–Kier alpha value is -2.61. The minimum atomic E-state index is -1.39. The molecular weight excluding hydrogens is 608 g/mol. The second-order valence-electron chi connectivity index (χ2n) is 12.6. The summed E-state index contributed by atoms with van der Waals surface area (Å²) < 4.78 is 34.6.